The molecule has 0 aliphatic carbocycles. The number of halogens is 3. The molecule has 0 radical (unpaired) electrons. The lowest BCUT2D eigenvalue weighted by atomic mass is 10.1. The second-order valence-electron chi connectivity index (χ2n) is 5.49. The number of alkyl halides is 3. The summed E-state index contributed by atoms with van der Waals surface area (Å²) in [5, 5.41) is 3.16. The topological polar surface area (TPSA) is 41.1 Å². The van der Waals surface area contributed by atoms with Crippen LogP contribution in [0.4, 0.5) is 19.0 Å². The van der Waals surface area contributed by atoms with Crippen molar-refractivity contribution in [2.24, 2.45) is 0 Å². The van der Waals surface area contributed by atoms with Gasteiger partial charge in [0.1, 0.15) is 11.6 Å². The number of aromatic nitrogens is 2. The first-order chi connectivity index (χ1) is 10.8. The molecule has 1 heterocycles. The highest BCUT2D eigenvalue weighted by molar-refractivity contribution is 5.63. The lowest BCUT2D eigenvalue weighted by molar-refractivity contribution is -0.137. The second kappa shape index (κ2) is 6.95. The van der Waals surface area contributed by atoms with Crippen molar-refractivity contribution >= 4 is 5.82 Å². The lowest BCUT2D eigenvalue weighted by Gasteiger charge is -2.12. The summed E-state index contributed by atoms with van der Waals surface area (Å²) in [5.41, 5.74) is 0.199. The largest absolute Gasteiger partial charge is 0.416 e. The Labute approximate surface area is 133 Å². The molecule has 0 saturated heterocycles. The van der Waals surface area contributed by atoms with Gasteiger partial charge in [-0.1, -0.05) is 12.1 Å². The van der Waals surface area contributed by atoms with Crippen LogP contribution in [0.1, 0.15) is 11.4 Å². The van der Waals surface area contributed by atoms with E-state index in [2.05, 4.69) is 15.3 Å². The Bertz CT molecular complexity index is 669. The molecule has 0 aliphatic rings. The highest BCUT2D eigenvalue weighted by Crippen LogP contribution is 2.32. The molecule has 0 spiro atoms. The number of aryl methyl sites for hydroxylation is 1. The third kappa shape index (κ3) is 4.92. The SMILES string of the molecule is Cc1nc(NCCN(C)C)cc(-c2cccc(C(F)(F)F)c2)n1. The number of anilines is 1. The van der Waals surface area contributed by atoms with Crippen LogP contribution in [0.2, 0.25) is 0 Å². The van der Waals surface area contributed by atoms with Crippen LogP contribution in [0, 0.1) is 6.92 Å². The number of benzene rings is 1. The zero-order valence-corrected chi connectivity index (χ0v) is 13.3. The van der Waals surface area contributed by atoms with E-state index < -0.39 is 11.7 Å². The molecule has 2 aromatic rings. The first kappa shape index (κ1) is 17.2. The van der Waals surface area contributed by atoms with Crippen LogP contribution in [0.5, 0.6) is 0 Å². The number of hydrogen-bond acceptors (Lipinski definition) is 4. The molecule has 0 amide bonds. The Morgan fingerprint density at radius 3 is 2.52 bits per heavy atom. The molecule has 4 nitrogen and oxygen atoms in total. The van der Waals surface area contributed by atoms with E-state index in [1.54, 1.807) is 19.1 Å². The highest BCUT2D eigenvalue weighted by atomic mass is 19.4. The summed E-state index contributed by atoms with van der Waals surface area (Å²) < 4.78 is 38.5. The first-order valence-electron chi connectivity index (χ1n) is 7.17. The fourth-order valence-electron chi connectivity index (χ4n) is 2.07. The maximum Gasteiger partial charge on any atom is 0.416 e. The predicted molar refractivity (Wildman–Crippen MR) is 84.3 cm³/mol. The van der Waals surface area contributed by atoms with E-state index in [-0.39, 0.29) is 0 Å². The Hall–Kier alpha value is -2.15. The molecule has 1 aromatic carbocycles. The van der Waals surface area contributed by atoms with Gasteiger partial charge in [-0.05, 0) is 33.2 Å². The summed E-state index contributed by atoms with van der Waals surface area (Å²) in [6.45, 7) is 3.22. The number of rotatable bonds is 5. The molecule has 0 aliphatic heterocycles. The van der Waals surface area contributed by atoms with Crippen LogP contribution in [0.15, 0.2) is 30.3 Å². The van der Waals surface area contributed by atoms with Crippen molar-refractivity contribution in [2.75, 3.05) is 32.5 Å². The van der Waals surface area contributed by atoms with Crippen LogP contribution >= 0.6 is 0 Å². The smallest absolute Gasteiger partial charge is 0.369 e. The maximum atomic E-state index is 12.8. The predicted octanol–water partition coefficient (Wildman–Crippen LogP) is 3.44. The quantitative estimate of drug-likeness (QED) is 0.915. The van der Waals surface area contributed by atoms with Gasteiger partial charge in [0, 0.05) is 24.7 Å². The number of likely N-dealkylation sites (N-methyl/N-ethyl adjacent to an activating group) is 1. The molecule has 0 bridgehead atoms. The van der Waals surface area contributed by atoms with Crippen molar-refractivity contribution in [1.29, 1.82) is 0 Å². The monoisotopic (exact) mass is 324 g/mol. The van der Waals surface area contributed by atoms with Gasteiger partial charge in [-0.15, -0.1) is 0 Å². The first-order valence-corrected chi connectivity index (χ1v) is 7.17. The summed E-state index contributed by atoms with van der Waals surface area (Å²) in [6.07, 6.45) is -4.37. The van der Waals surface area contributed by atoms with E-state index in [1.807, 2.05) is 19.0 Å². The standard InChI is InChI=1S/C16H19F3N4/c1-11-21-14(10-15(22-11)20-7-8-23(2)3)12-5-4-6-13(9-12)16(17,18)19/h4-6,9-10H,7-8H2,1-3H3,(H,20,21,22). The molecule has 1 N–H and O–H groups in total. The summed E-state index contributed by atoms with van der Waals surface area (Å²) >= 11 is 0. The zero-order valence-electron chi connectivity index (χ0n) is 13.3. The number of nitrogens with zero attached hydrogens (tertiary/aromatic N) is 3. The molecule has 0 atom stereocenters. The average molecular weight is 324 g/mol. The van der Waals surface area contributed by atoms with Gasteiger partial charge < -0.3 is 10.2 Å². The van der Waals surface area contributed by atoms with Gasteiger partial charge in [-0.25, -0.2) is 9.97 Å². The highest BCUT2D eigenvalue weighted by Gasteiger charge is 2.30. The van der Waals surface area contributed by atoms with Crippen molar-refractivity contribution in [3.05, 3.63) is 41.7 Å². The summed E-state index contributed by atoms with van der Waals surface area (Å²) in [7, 11) is 3.92. The molecule has 0 fully saturated rings. The fraction of sp³-hybridized carbons (Fsp3) is 0.375. The molecular formula is C16H19F3N4. The van der Waals surface area contributed by atoms with Gasteiger partial charge in [-0.2, -0.15) is 13.2 Å². The molecule has 23 heavy (non-hydrogen) atoms. The molecule has 0 unspecified atom stereocenters. The van der Waals surface area contributed by atoms with Gasteiger partial charge >= 0.3 is 6.18 Å². The van der Waals surface area contributed by atoms with Crippen molar-refractivity contribution in [2.45, 2.75) is 13.1 Å². The van der Waals surface area contributed by atoms with Gasteiger partial charge in [0.25, 0.3) is 0 Å². The molecule has 7 heteroatoms. The second-order valence-corrected chi connectivity index (χ2v) is 5.49. The van der Waals surface area contributed by atoms with Gasteiger partial charge in [0.2, 0.25) is 0 Å². The fourth-order valence-corrected chi connectivity index (χ4v) is 2.07. The Morgan fingerprint density at radius 2 is 1.87 bits per heavy atom. The van der Waals surface area contributed by atoms with Gasteiger partial charge in [-0.3, -0.25) is 0 Å². The van der Waals surface area contributed by atoms with E-state index in [0.29, 0.717) is 29.4 Å². The number of hydrogen-bond donors (Lipinski definition) is 1. The van der Waals surface area contributed by atoms with Crippen molar-refractivity contribution < 1.29 is 13.2 Å². The lowest BCUT2D eigenvalue weighted by Crippen LogP contribution is -2.21. The third-order valence-electron chi connectivity index (χ3n) is 3.19. The molecule has 1 aromatic heterocycles. The van der Waals surface area contributed by atoms with Crippen LogP contribution < -0.4 is 5.32 Å². The maximum absolute atomic E-state index is 12.8. The summed E-state index contributed by atoms with van der Waals surface area (Å²) in [6, 6.07) is 6.81. The zero-order chi connectivity index (χ0) is 17.0. The molecule has 0 saturated carbocycles. The van der Waals surface area contributed by atoms with Crippen LogP contribution in [-0.4, -0.2) is 42.1 Å². The minimum absolute atomic E-state index is 0.418. The van der Waals surface area contributed by atoms with Crippen molar-refractivity contribution in [3.63, 3.8) is 0 Å². The summed E-state index contributed by atoms with van der Waals surface area (Å²) in [4.78, 5) is 10.5. The Balaban J connectivity index is 2.27. The van der Waals surface area contributed by atoms with E-state index in [1.165, 1.54) is 6.07 Å². The normalized spacial score (nSPS) is 11.8. The molecular weight excluding hydrogens is 305 g/mol. The van der Waals surface area contributed by atoms with Gasteiger partial charge in [0.05, 0.1) is 11.3 Å². The van der Waals surface area contributed by atoms with E-state index in [4.69, 9.17) is 0 Å². The van der Waals surface area contributed by atoms with Gasteiger partial charge in [0.15, 0.2) is 0 Å². The molecule has 2 rings (SSSR count). The van der Waals surface area contributed by atoms with E-state index >= 15 is 0 Å². The van der Waals surface area contributed by atoms with Crippen molar-refractivity contribution in [3.8, 4) is 11.3 Å². The Kier molecular flexibility index (Phi) is 5.20. The van der Waals surface area contributed by atoms with E-state index in [0.717, 1.165) is 18.7 Å². The summed E-state index contributed by atoms with van der Waals surface area (Å²) in [5.74, 6) is 1.11. The Morgan fingerprint density at radius 1 is 1.13 bits per heavy atom. The van der Waals surface area contributed by atoms with Crippen LogP contribution in [-0.2, 0) is 6.18 Å². The van der Waals surface area contributed by atoms with Crippen LogP contribution in [0.3, 0.4) is 0 Å². The van der Waals surface area contributed by atoms with Crippen molar-refractivity contribution in [1.82, 2.24) is 14.9 Å². The van der Waals surface area contributed by atoms with E-state index in [9.17, 15) is 13.2 Å². The minimum atomic E-state index is -4.37. The minimum Gasteiger partial charge on any atom is -0.369 e. The average Bonchev–Trinajstić information content (AvgIpc) is 2.45. The number of nitrogens with one attached hydrogen (secondary N) is 1. The molecule has 124 valence electrons. The van der Waals surface area contributed by atoms with Crippen LogP contribution in [0.25, 0.3) is 11.3 Å². The third-order valence-corrected chi connectivity index (χ3v) is 3.19.